The Kier molecular flexibility index (Phi) is 3.67. The Hall–Kier alpha value is 0.450. The molecule has 0 aliphatic rings. The molecule has 8 heavy (non-hydrogen) atoms. The predicted molar refractivity (Wildman–Crippen MR) is 42.4 cm³/mol. The molecule has 0 fully saturated rings. The topological polar surface area (TPSA) is 17.1 Å². The smallest absolute Gasteiger partial charge is 0.0855 e. The van der Waals surface area contributed by atoms with Crippen molar-refractivity contribution in [3.8, 4) is 0 Å². The van der Waals surface area contributed by atoms with Crippen molar-refractivity contribution in [1.29, 1.82) is 0 Å². The summed E-state index contributed by atoms with van der Waals surface area (Å²) < 4.78 is 10.9. The number of halogens is 1. The van der Waals surface area contributed by atoms with E-state index in [1.54, 1.807) is 18.3 Å². The first-order chi connectivity index (χ1) is 3.56. The lowest BCUT2D eigenvalue weighted by atomic mass is 10.8. The van der Waals surface area contributed by atoms with Crippen molar-refractivity contribution < 1.29 is 4.57 Å². The molecular weight excluding hydrogens is 187 g/mol. The summed E-state index contributed by atoms with van der Waals surface area (Å²) in [4.78, 5) is 1.74. The molecule has 0 aliphatic heterocycles. The van der Waals surface area contributed by atoms with Crippen molar-refractivity contribution in [2.24, 2.45) is 0 Å². The lowest BCUT2D eigenvalue weighted by molar-refractivity contribution is 0.584. The Balaban J connectivity index is 3.57. The molecule has 0 aromatic heterocycles. The van der Waals surface area contributed by atoms with E-state index in [0.717, 1.165) is 0 Å². The van der Waals surface area contributed by atoms with Gasteiger partial charge in [0.1, 0.15) is 0 Å². The van der Waals surface area contributed by atoms with Crippen LogP contribution in [-0.4, -0.2) is 19.5 Å². The minimum absolute atomic E-state index is 0.693. The minimum atomic E-state index is -1.80. The molecule has 0 radical (unpaired) electrons. The quantitative estimate of drug-likeness (QED) is 0.621. The maximum atomic E-state index is 10.9. The second-order valence-corrected chi connectivity index (χ2v) is 6.16. The lowest BCUT2D eigenvalue weighted by Gasteiger charge is -1.97. The Morgan fingerprint density at radius 2 is 2.12 bits per heavy atom. The van der Waals surface area contributed by atoms with E-state index in [1.165, 1.54) is 0 Å². The molecule has 48 valence electrons. The van der Waals surface area contributed by atoms with Crippen molar-refractivity contribution in [1.82, 2.24) is 0 Å². The zero-order chi connectivity index (χ0) is 6.62. The van der Waals surface area contributed by atoms with Gasteiger partial charge in [0.25, 0.3) is 0 Å². The normalized spacial score (nSPS) is 12.9. The first kappa shape index (κ1) is 8.45. The van der Waals surface area contributed by atoms with E-state index in [4.69, 9.17) is 0 Å². The summed E-state index contributed by atoms with van der Waals surface area (Å²) in [5.74, 6) is 0. The number of hydrogen-bond acceptors (Lipinski definition) is 1. The maximum Gasteiger partial charge on any atom is 0.0855 e. The monoisotopic (exact) mass is 196 g/mol. The van der Waals surface area contributed by atoms with Crippen LogP contribution in [0.4, 0.5) is 0 Å². The van der Waals surface area contributed by atoms with Gasteiger partial charge in [-0.25, -0.2) is 0 Å². The summed E-state index contributed by atoms with van der Waals surface area (Å²) in [6.07, 6.45) is 2.55. The molecule has 0 aromatic carbocycles. The van der Waals surface area contributed by atoms with Crippen LogP contribution in [0.5, 0.6) is 0 Å². The van der Waals surface area contributed by atoms with Crippen LogP contribution in [0.3, 0.4) is 0 Å². The number of rotatable bonds is 2. The van der Waals surface area contributed by atoms with Crippen LogP contribution in [0.2, 0.25) is 0 Å². The Morgan fingerprint density at radius 1 is 1.62 bits per heavy atom. The second-order valence-electron chi connectivity index (χ2n) is 2.12. The first-order valence-electron chi connectivity index (χ1n) is 2.35. The zero-order valence-corrected chi connectivity index (χ0v) is 7.58. The van der Waals surface area contributed by atoms with Crippen LogP contribution in [0, 0.1) is 0 Å². The van der Waals surface area contributed by atoms with E-state index in [-0.39, 0.29) is 0 Å². The van der Waals surface area contributed by atoms with E-state index in [0.29, 0.717) is 6.16 Å². The van der Waals surface area contributed by atoms with Gasteiger partial charge in [-0.3, -0.25) is 0 Å². The molecule has 0 rings (SSSR count). The fraction of sp³-hybridized carbons (Fsp3) is 0.600. The molecule has 0 heterocycles. The summed E-state index contributed by atoms with van der Waals surface area (Å²) in [7, 11) is -1.80. The van der Waals surface area contributed by atoms with Crippen LogP contribution in [-0.2, 0) is 4.57 Å². The first-order valence-corrected chi connectivity index (χ1v) is 6.06. The highest BCUT2D eigenvalue weighted by Gasteiger charge is 2.01. The molecule has 0 spiro atoms. The summed E-state index contributed by atoms with van der Waals surface area (Å²) >= 11 is 3.10. The van der Waals surface area contributed by atoms with Gasteiger partial charge >= 0.3 is 0 Å². The molecule has 0 aromatic rings. The molecule has 1 nitrogen and oxygen atoms in total. The van der Waals surface area contributed by atoms with Crippen LogP contribution < -0.4 is 0 Å². The van der Waals surface area contributed by atoms with Gasteiger partial charge in [-0.15, -0.1) is 0 Å². The van der Waals surface area contributed by atoms with Crippen LogP contribution in [0.15, 0.2) is 11.1 Å². The zero-order valence-electron chi connectivity index (χ0n) is 5.10. The number of allylic oxidation sites excluding steroid dienone is 1. The standard InChI is InChI=1S/C5H10BrOP/c1-8(2,7)5-3-4-6/h3-4H,5H2,1-2H3/b4-3+. The van der Waals surface area contributed by atoms with Gasteiger partial charge in [0.2, 0.25) is 0 Å². The third-order valence-corrected chi connectivity index (χ3v) is 2.10. The Labute approximate surface area is 58.7 Å². The molecule has 0 saturated heterocycles. The van der Waals surface area contributed by atoms with Crippen LogP contribution >= 0.6 is 23.1 Å². The van der Waals surface area contributed by atoms with E-state index in [2.05, 4.69) is 15.9 Å². The molecule has 0 unspecified atom stereocenters. The van der Waals surface area contributed by atoms with Gasteiger partial charge in [0.05, 0.1) is 7.14 Å². The maximum absolute atomic E-state index is 10.9. The third-order valence-electron chi connectivity index (χ3n) is 0.634. The molecule has 0 atom stereocenters. The Bertz CT molecular complexity index is 124. The van der Waals surface area contributed by atoms with Crippen molar-refractivity contribution >= 4 is 23.1 Å². The fourth-order valence-electron chi connectivity index (χ4n) is 0.294. The highest BCUT2D eigenvalue weighted by Crippen LogP contribution is 2.35. The number of hydrogen-bond donors (Lipinski definition) is 0. The SMILES string of the molecule is CP(C)(=O)C/C=C/Br. The molecule has 0 aliphatic carbocycles. The second kappa shape index (κ2) is 3.47. The summed E-state index contributed by atoms with van der Waals surface area (Å²) in [5, 5.41) is 0. The minimum Gasteiger partial charge on any atom is -0.324 e. The average Bonchev–Trinajstić information content (AvgIpc) is 1.59. The average molecular weight is 197 g/mol. The molecular formula is C5H10BrOP. The summed E-state index contributed by atoms with van der Waals surface area (Å²) in [6.45, 7) is 3.56. The largest absolute Gasteiger partial charge is 0.324 e. The Morgan fingerprint density at radius 3 is 2.25 bits per heavy atom. The van der Waals surface area contributed by atoms with Gasteiger partial charge < -0.3 is 4.57 Å². The van der Waals surface area contributed by atoms with E-state index in [9.17, 15) is 4.57 Å². The summed E-state index contributed by atoms with van der Waals surface area (Å²) in [6, 6.07) is 0. The fourth-order valence-corrected chi connectivity index (χ4v) is 1.38. The molecule has 0 N–H and O–H groups in total. The van der Waals surface area contributed by atoms with Gasteiger partial charge in [0, 0.05) is 6.16 Å². The van der Waals surface area contributed by atoms with Crippen molar-refractivity contribution in [3.63, 3.8) is 0 Å². The highest BCUT2D eigenvalue weighted by atomic mass is 79.9. The van der Waals surface area contributed by atoms with Crippen LogP contribution in [0.1, 0.15) is 0 Å². The van der Waals surface area contributed by atoms with Crippen molar-refractivity contribution in [3.05, 3.63) is 11.1 Å². The highest BCUT2D eigenvalue weighted by molar-refractivity contribution is 9.11. The molecule has 0 amide bonds. The van der Waals surface area contributed by atoms with E-state index >= 15 is 0 Å². The lowest BCUT2D eigenvalue weighted by Crippen LogP contribution is -1.77. The van der Waals surface area contributed by atoms with E-state index < -0.39 is 7.14 Å². The predicted octanol–water partition coefficient (Wildman–Crippen LogP) is 2.52. The molecule has 3 heteroatoms. The summed E-state index contributed by atoms with van der Waals surface area (Å²) in [5.41, 5.74) is 0. The van der Waals surface area contributed by atoms with Gasteiger partial charge in [-0.1, -0.05) is 22.0 Å². The molecule has 0 saturated carbocycles. The van der Waals surface area contributed by atoms with Gasteiger partial charge in [0.15, 0.2) is 0 Å². The van der Waals surface area contributed by atoms with Crippen molar-refractivity contribution in [2.75, 3.05) is 19.5 Å². The van der Waals surface area contributed by atoms with Gasteiger partial charge in [-0.2, -0.15) is 0 Å². The molecule has 0 bridgehead atoms. The van der Waals surface area contributed by atoms with Gasteiger partial charge in [-0.05, 0) is 18.3 Å². The van der Waals surface area contributed by atoms with Crippen molar-refractivity contribution in [2.45, 2.75) is 0 Å². The third kappa shape index (κ3) is 6.45. The van der Waals surface area contributed by atoms with E-state index in [1.807, 2.05) is 6.08 Å². The van der Waals surface area contributed by atoms with Crippen LogP contribution in [0.25, 0.3) is 0 Å².